The van der Waals surface area contributed by atoms with Gasteiger partial charge in [0, 0.05) is 6.42 Å². The Labute approximate surface area is 60.8 Å². The SMILES string of the molecule is [C-]#[N+]CCCOCC1CO1. The van der Waals surface area contributed by atoms with E-state index in [1.54, 1.807) is 0 Å². The summed E-state index contributed by atoms with van der Waals surface area (Å²) in [5.41, 5.74) is 0. The maximum atomic E-state index is 6.48. The van der Waals surface area contributed by atoms with Crippen LogP contribution in [0.3, 0.4) is 0 Å². The van der Waals surface area contributed by atoms with Crippen LogP contribution in [-0.4, -0.2) is 32.5 Å². The van der Waals surface area contributed by atoms with Crippen LogP contribution in [0.15, 0.2) is 0 Å². The third-order valence-electron chi connectivity index (χ3n) is 1.26. The van der Waals surface area contributed by atoms with Crippen molar-refractivity contribution in [2.45, 2.75) is 12.5 Å². The van der Waals surface area contributed by atoms with Crippen molar-refractivity contribution >= 4 is 0 Å². The lowest BCUT2D eigenvalue weighted by Crippen LogP contribution is -2.03. The number of rotatable bonds is 5. The van der Waals surface area contributed by atoms with Crippen molar-refractivity contribution in [3.8, 4) is 0 Å². The summed E-state index contributed by atoms with van der Waals surface area (Å²) in [6.07, 6.45) is 1.20. The standard InChI is InChI=1S/C7H11NO2/c1-8-3-2-4-9-5-7-6-10-7/h7H,2-6H2. The highest BCUT2D eigenvalue weighted by atomic mass is 16.6. The molecule has 1 atom stereocenters. The van der Waals surface area contributed by atoms with Gasteiger partial charge in [-0.3, -0.25) is 0 Å². The summed E-state index contributed by atoms with van der Waals surface area (Å²) in [5, 5.41) is 0. The highest BCUT2D eigenvalue weighted by Gasteiger charge is 2.21. The Hall–Kier alpha value is -0.590. The lowest BCUT2D eigenvalue weighted by atomic mass is 10.4. The van der Waals surface area contributed by atoms with Crippen LogP contribution in [0.5, 0.6) is 0 Å². The average Bonchev–Trinajstić information content (AvgIpc) is 2.71. The fourth-order valence-corrected chi connectivity index (χ4v) is 0.625. The monoisotopic (exact) mass is 141 g/mol. The van der Waals surface area contributed by atoms with Gasteiger partial charge in [-0.1, -0.05) is 0 Å². The Balaban J connectivity index is 1.73. The van der Waals surface area contributed by atoms with Crippen molar-refractivity contribution in [2.24, 2.45) is 0 Å². The lowest BCUT2D eigenvalue weighted by Gasteiger charge is -1.96. The summed E-state index contributed by atoms with van der Waals surface area (Å²) in [6, 6.07) is 0. The predicted molar refractivity (Wildman–Crippen MR) is 36.6 cm³/mol. The van der Waals surface area contributed by atoms with Gasteiger partial charge in [-0.25, -0.2) is 6.57 Å². The normalized spacial score (nSPS) is 22.1. The van der Waals surface area contributed by atoms with Gasteiger partial charge >= 0.3 is 0 Å². The largest absolute Gasteiger partial charge is 0.378 e. The topological polar surface area (TPSA) is 26.1 Å². The first-order chi connectivity index (χ1) is 4.93. The zero-order valence-electron chi connectivity index (χ0n) is 5.88. The molecule has 0 aromatic rings. The molecule has 1 fully saturated rings. The van der Waals surface area contributed by atoms with Crippen molar-refractivity contribution in [2.75, 3.05) is 26.4 Å². The van der Waals surface area contributed by atoms with Gasteiger partial charge in [0.1, 0.15) is 6.10 Å². The van der Waals surface area contributed by atoms with Gasteiger partial charge in [0.05, 0.1) is 19.8 Å². The Morgan fingerprint density at radius 3 is 3.10 bits per heavy atom. The van der Waals surface area contributed by atoms with E-state index in [0.717, 1.165) is 13.0 Å². The molecule has 1 aliphatic rings. The van der Waals surface area contributed by atoms with E-state index in [-0.39, 0.29) is 0 Å². The first kappa shape index (κ1) is 7.52. The number of hydrogen-bond acceptors (Lipinski definition) is 2. The molecule has 1 rings (SSSR count). The summed E-state index contributed by atoms with van der Waals surface area (Å²) in [5.74, 6) is 0. The molecule has 0 bridgehead atoms. The minimum Gasteiger partial charge on any atom is -0.378 e. The molecule has 0 aromatic carbocycles. The van der Waals surface area contributed by atoms with Gasteiger partial charge in [0.2, 0.25) is 6.54 Å². The number of nitrogens with zero attached hydrogens (tertiary/aromatic N) is 1. The van der Waals surface area contributed by atoms with Crippen molar-refractivity contribution in [1.82, 2.24) is 0 Å². The van der Waals surface area contributed by atoms with Crippen LogP contribution >= 0.6 is 0 Å². The van der Waals surface area contributed by atoms with Gasteiger partial charge < -0.3 is 14.3 Å². The van der Waals surface area contributed by atoms with Gasteiger partial charge in [0.15, 0.2) is 0 Å². The second kappa shape index (κ2) is 4.26. The number of epoxide rings is 1. The van der Waals surface area contributed by atoms with E-state index in [4.69, 9.17) is 16.0 Å². The van der Waals surface area contributed by atoms with Crippen LogP contribution in [0.2, 0.25) is 0 Å². The molecule has 56 valence electrons. The molecule has 10 heavy (non-hydrogen) atoms. The van der Waals surface area contributed by atoms with Crippen LogP contribution in [0.25, 0.3) is 4.85 Å². The van der Waals surface area contributed by atoms with Crippen LogP contribution < -0.4 is 0 Å². The predicted octanol–water partition coefficient (Wildman–Crippen LogP) is 0.711. The zero-order valence-corrected chi connectivity index (χ0v) is 5.88. The molecule has 1 unspecified atom stereocenters. The van der Waals surface area contributed by atoms with Gasteiger partial charge in [-0.15, -0.1) is 0 Å². The first-order valence-corrected chi connectivity index (χ1v) is 3.46. The fourth-order valence-electron chi connectivity index (χ4n) is 0.625. The van der Waals surface area contributed by atoms with Crippen molar-refractivity contribution in [3.05, 3.63) is 11.4 Å². The molecular weight excluding hydrogens is 130 g/mol. The average molecular weight is 141 g/mol. The summed E-state index contributed by atoms with van der Waals surface area (Å²) >= 11 is 0. The number of hydrogen-bond donors (Lipinski definition) is 0. The minimum absolute atomic E-state index is 0.355. The molecule has 1 aliphatic heterocycles. The molecule has 0 spiro atoms. The van der Waals surface area contributed by atoms with Crippen LogP contribution in [-0.2, 0) is 9.47 Å². The smallest absolute Gasteiger partial charge is 0.216 e. The second-order valence-electron chi connectivity index (χ2n) is 2.27. The zero-order chi connectivity index (χ0) is 7.23. The molecule has 0 aliphatic carbocycles. The molecule has 3 heteroatoms. The van der Waals surface area contributed by atoms with Gasteiger partial charge in [-0.05, 0) is 0 Å². The molecule has 0 amide bonds. The summed E-state index contributed by atoms with van der Waals surface area (Å²) < 4.78 is 10.1. The third kappa shape index (κ3) is 3.44. The van der Waals surface area contributed by atoms with Crippen LogP contribution in [0.1, 0.15) is 6.42 Å². The molecule has 0 N–H and O–H groups in total. The molecule has 0 radical (unpaired) electrons. The van der Waals surface area contributed by atoms with Crippen molar-refractivity contribution in [3.63, 3.8) is 0 Å². The summed E-state index contributed by atoms with van der Waals surface area (Å²) in [6.45, 7) is 9.31. The van der Waals surface area contributed by atoms with Gasteiger partial charge in [0.25, 0.3) is 0 Å². The lowest BCUT2D eigenvalue weighted by molar-refractivity contribution is 0.116. The highest BCUT2D eigenvalue weighted by molar-refractivity contribution is 4.67. The number of ether oxygens (including phenoxy) is 2. The maximum Gasteiger partial charge on any atom is 0.216 e. The van der Waals surface area contributed by atoms with Crippen LogP contribution in [0, 0.1) is 6.57 Å². The van der Waals surface area contributed by atoms with E-state index in [1.165, 1.54) is 0 Å². The maximum absolute atomic E-state index is 6.48. The third-order valence-corrected chi connectivity index (χ3v) is 1.26. The molecule has 1 heterocycles. The first-order valence-electron chi connectivity index (χ1n) is 3.46. The Morgan fingerprint density at radius 1 is 1.70 bits per heavy atom. The molecule has 1 saturated heterocycles. The summed E-state index contributed by atoms with van der Waals surface area (Å²) in [7, 11) is 0. The molecular formula is C7H11NO2. The van der Waals surface area contributed by atoms with E-state index in [0.29, 0.717) is 25.9 Å². The van der Waals surface area contributed by atoms with Gasteiger partial charge in [-0.2, -0.15) is 0 Å². The second-order valence-corrected chi connectivity index (χ2v) is 2.27. The Morgan fingerprint density at radius 2 is 2.50 bits per heavy atom. The minimum atomic E-state index is 0.355. The van der Waals surface area contributed by atoms with E-state index in [9.17, 15) is 0 Å². The van der Waals surface area contributed by atoms with E-state index >= 15 is 0 Å². The highest BCUT2D eigenvalue weighted by Crippen LogP contribution is 2.08. The quantitative estimate of drug-likeness (QED) is 0.320. The Bertz CT molecular complexity index is 126. The van der Waals surface area contributed by atoms with E-state index < -0.39 is 0 Å². The van der Waals surface area contributed by atoms with E-state index in [1.807, 2.05) is 0 Å². The van der Waals surface area contributed by atoms with Crippen molar-refractivity contribution in [1.29, 1.82) is 0 Å². The fraction of sp³-hybridized carbons (Fsp3) is 0.857. The van der Waals surface area contributed by atoms with Crippen LogP contribution in [0.4, 0.5) is 0 Å². The Kier molecular flexibility index (Phi) is 3.20. The summed E-state index contributed by atoms with van der Waals surface area (Å²) in [4.78, 5) is 3.21. The molecule has 0 aromatic heterocycles. The van der Waals surface area contributed by atoms with Crippen molar-refractivity contribution < 1.29 is 9.47 Å². The molecule has 3 nitrogen and oxygen atoms in total. The van der Waals surface area contributed by atoms with E-state index in [2.05, 4.69) is 4.85 Å². The molecule has 0 saturated carbocycles.